The van der Waals surface area contributed by atoms with Gasteiger partial charge in [-0.15, -0.1) is 0 Å². The fourth-order valence-corrected chi connectivity index (χ4v) is 4.21. The van der Waals surface area contributed by atoms with Crippen LogP contribution in [-0.4, -0.2) is 60.2 Å². The van der Waals surface area contributed by atoms with Crippen LogP contribution >= 0.6 is 0 Å². The molecule has 2 aliphatic heterocycles. The van der Waals surface area contributed by atoms with Crippen LogP contribution in [0.1, 0.15) is 37.7 Å². The van der Waals surface area contributed by atoms with Gasteiger partial charge in [0.15, 0.2) is 0 Å². The molecule has 1 saturated heterocycles. The van der Waals surface area contributed by atoms with Gasteiger partial charge in [-0.2, -0.15) is 0 Å². The van der Waals surface area contributed by atoms with E-state index in [0.29, 0.717) is 26.1 Å². The lowest BCUT2D eigenvalue weighted by Crippen LogP contribution is -2.46. The molecule has 1 aromatic rings. The minimum Gasteiger partial charge on any atom is -0.341 e. The van der Waals surface area contributed by atoms with E-state index < -0.39 is 0 Å². The summed E-state index contributed by atoms with van der Waals surface area (Å²) in [6.07, 6.45) is 5.16. The van der Waals surface area contributed by atoms with Crippen molar-refractivity contribution in [3.05, 3.63) is 29.8 Å². The van der Waals surface area contributed by atoms with E-state index in [9.17, 15) is 14.4 Å². The lowest BCUT2D eigenvalue weighted by molar-refractivity contribution is -0.138. The Labute approximate surface area is 160 Å². The summed E-state index contributed by atoms with van der Waals surface area (Å²) in [6.45, 7) is 2.63. The van der Waals surface area contributed by atoms with Crippen LogP contribution < -0.4 is 4.90 Å². The Hall–Kier alpha value is -2.37. The van der Waals surface area contributed by atoms with Crippen molar-refractivity contribution in [2.75, 3.05) is 37.6 Å². The zero-order chi connectivity index (χ0) is 18.8. The Morgan fingerprint density at radius 1 is 0.926 bits per heavy atom. The van der Waals surface area contributed by atoms with Crippen molar-refractivity contribution in [3.8, 4) is 0 Å². The van der Waals surface area contributed by atoms with Gasteiger partial charge in [-0.3, -0.25) is 14.4 Å². The van der Waals surface area contributed by atoms with Crippen molar-refractivity contribution in [2.24, 2.45) is 5.92 Å². The Kier molecular flexibility index (Phi) is 5.14. The van der Waals surface area contributed by atoms with E-state index in [2.05, 4.69) is 0 Å². The van der Waals surface area contributed by atoms with Crippen molar-refractivity contribution >= 4 is 23.4 Å². The van der Waals surface area contributed by atoms with Crippen molar-refractivity contribution < 1.29 is 14.4 Å². The van der Waals surface area contributed by atoms with Crippen LogP contribution in [-0.2, 0) is 20.8 Å². The van der Waals surface area contributed by atoms with E-state index in [1.54, 1.807) is 4.90 Å². The molecule has 2 fully saturated rings. The monoisotopic (exact) mass is 369 g/mol. The number of amides is 3. The third-order valence-corrected chi connectivity index (χ3v) is 6.10. The van der Waals surface area contributed by atoms with Gasteiger partial charge in [0.2, 0.25) is 17.7 Å². The molecular weight excluding hydrogens is 342 g/mol. The van der Waals surface area contributed by atoms with Gasteiger partial charge in [-0.05, 0) is 37.3 Å². The topological polar surface area (TPSA) is 60.9 Å². The van der Waals surface area contributed by atoms with Crippen molar-refractivity contribution in [1.29, 1.82) is 0 Å². The number of hydrogen-bond acceptors (Lipinski definition) is 3. The molecule has 3 amide bonds. The van der Waals surface area contributed by atoms with Crippen LogP contribution in [0.25, 0.3) is 0 Å². The Morgan fingerprint density at radius 2 is 1.67 bits per heavy atom. The number of aryl methyl sites for hydroxylation is 1. The molecule has 3 aliphatic rings. The van der Waals surface area contributed by atoms with Crippen LogP contribution in [0.2, 0.25) is 0 Å². The van der Waals surface area contributed by atoms with Crippen LogP contribution in [0, 0.1) is 5.92 Å². The second-order valence-corrected chi connectivity index (χ2v) is 7.80. The molecule has 0 unspecified atom stereocenters. The molecule has 6 heteroatoms. The molecule has 1 aliphatic carbocycles. The maximum Gasteiger partial charge on any atom is 0.242 e. The van der Waals surface area contributed by atoms with E-state index in [1.165, 1.54) is 0 Å². The fraction of sp³-hybridized carbons (Fsp3) is 0.571. The molecule has 2 heterocycles. The zero-order valence-electron chi connectivity index (χ0n) is 15.7. The second-order valence-electron chi connectivity index (χ2n) is 7.80. The number of carbonyl (C=O) groups excluding carboxylic acids is 3. The molecule has 6 nitrogen and oxygen atoms in total. The molecular formula is C21H27N3O3. The summed E-state index contributed by atoms with van der Waals surface area (Å²) in [4.78, 5) is 43.1. The first-order valence-corrected chi connectivity index (χ1v) is 10.1. The van der Waals surface area contributed by atoms with E-state index in [0.717, 1.165) is 49.9 Å². The largest absolute Gasteiger partial charge is 0.341 e. The molecule has 0 spiro atoms. The number of benzene rings is 1. The fourth-order valence-electron chi connectivity index (χ4n) is 4.21. The number of rotatable bonds is 3. The highest BCUT2D eigenvalue weighted by atomic mass is 16.2. The summed E-state index contributed by atoms with van der Waals surface area (Å²) in [5.74, 6) is 0.446. The number of nitrogens with zero attached hydrogens (tertiary/aromatic N) is 3. The van der Waals surface area contributed by atoms with Gasteiger partial charge in [0.05, 0.1) is 0 Å². The Morgan fingerprint density at radius 3 is 2.44 bits per heavy atom. The van der Waals surface area contributed by atoms with E-state index >= 15 is 0 Å². The number of hydrogen-bond donors (Lipinski definition) is 0. The molecule has 4 rings (SSSR count). The molecule has 144 valence electrons. The summed E-state index contributed by atoms with van der Waals surface area (Å²) in [6, 6.07) is 7.82. The van der Waals surface area contributed by atoms with Gasteiger partial charge in [0, 0.05) is 44.2 Å². The molecule has 0 atom stereocenters. The Bertz CT molecular complexity index is 744. The predicted octanol–water partition coefficient (Wildman–Crippen LogP) is 1.83. The quantitative estimate of drug-likeness (QED) is 0.817. The highest BCUT2D eigenvalue weighted by Crippen LogP contribution is 2.29. The second kappa shape index (κ2) is 7.71. The number of anilines is 1. The molecule has 1 saturated carbocycles. The van der Waals surface area contributed by atoms with E-state index in [1.807, 2.05) is 34.1 Å². The third kappa shape index (κ3) is 3.70. The summed E-state index contributed by atoms with van der Waals surface area (Å²) >= 11 is 0. The van der Waals surface area contributed by atoms with Gasteiger partial charge in [0.1, 0.15) is 6.54 Å². The average Bonchev–Trinajstić information content (AvgIpc) is 2.89. The number of fused-ring (bicyclic) bond motifs is 1. The van der Waals surface area contributed by atoms with E-state index in [4.69, 9.17) is 0 Å². The first kappa shape index (κ1) is 18.0. The summed E-state index contributed by atoms with van der Waals surface area (Å²) in [7, 11) is 0. The maximum atomic E-state index is 12.9. The first-order valence-electron chi connectivity index (χ1n) is 10.1. The molecule has 0 bridgehead atoms. The summed E-state index contributed by atoms with van der Waals surface area (Å²) < 4.78 is 0. The number of carbonyl (C=O) groups is 3. The van der Waals surface area contributed by atoms with Crippen molar-refractivity contribution in [3.63, 3.8) is 0 Å². The SMILES string of the molecule is O=C(CN1C(=O)CCc2ccccc21)N1CCCN(C(=O)C2CCC2)CC1. The van der Waals surface area contributed by atoms with Crippen LogP contribution in [0.4, 0.5) is 5.69 Å². The highest BCUT2D eigenvalue weighted by Gasteiger charge is 2.32. The maximum absolute atomic E-state index is 12.9. The Balaban J connectivity index is 1.38. The average molecular weight is 369 g/mol. The normalized spacial score (nSPS) is 20.7. The van der Waals surface area contributed by atoms with Crippen LogP contribution in [0.15, 0.2) is 24.3 Å². The van der Waals surface area contributed by atoms with Crippen molar-refractivity contribution in [2.45, 2.75) is 38.5 Å². The van der Waals surface area contributed by atoms with Gasteiger partial charge in [-0.1, -0.05) is 24.6 Å². The van der Waals surface area contributed by atoms with E-state index in [-0.39, 0.29) is 30.2 Å². The lowest BCUT2D eigenvalue weighted by Gasteiger charge is -2.32. The smallest absolute Gasteiger partial charge is 0.242 e. The van der Waals surface area contributed by atoms with Gasteiger partial charge in [-0.25, -0.2) is 0 Å². The first-order chi connectivity index (χ1) is 13.1. The lowest BCUT2D eigenvalue weighted by atomic mass is 9.84. The zero-order valence-corrected chi connectivity index (χ0v) is 15.7. The van der Waals surface area contributed by atoms with Gasteiger partial charge >= 0.3 is 0 Å². The van der Waals surface area contributed by atoms with Crippen LogP contribution in [0.5, 0.6) is 0 Å². The van der Waals surface area contributed by atoms with Gasteiger partial charge in [0.25, 0.3) is 0 Å². The molecule has 1 aromatic carbocycles. The summed E-state index contributed by atoms with van der Waals surface area (Å²) in [5.41, 5.74) is 1.98. The van der Waals surface area contributed by atoms with Gasteiger partial charge < -0.3 is 14.7 Å². The highest BCUT2D eigenvalue weighted by molar-refractivity contribution is 6.01. The molecule has 0 radical (unpaired) electrons. The standard InChI is InChI=1S/C21H27N3O3/c25-19-10-9-16-5-1-2-8-18(16)24(19)15-20(26)22-11-4-12-23(14-13-22)21(27)17-6-3-7-17/h1-2,5,8,17H,3-4,6-7,9-15H2. The molecule has 0 N–H and O–H groups in total. The minimum absolute atomic E-state index is 0.0126. The molecule has 27 heavy (non-hydrogen) atoms. The number of para-hydroxylation sites is 1. The summed E-state index contributed by atoms with van der Waals surface area (Å²) in [5, 5.41) is 0. The van der Waals surface area contributed by atoms with Crippen molar-refractivity contribution in [1.82, 2.24) is 9.80 Å². The predicted molar refractivity (Wildman–Crippen MR) is 102 cm³/mol. The van der Waals surface area contributed by atoms with Crippen LogP contribution in [0.3, 0.4) is 0 Å². The molecule has 0 aromatic heterocycles. The minimum atomic E-state index is -0.0296. The third-order valence-electron chi connectivity index (χ3n) is 6.10.